The number of nitrogens with zero attached hydrogens (tertiary/aromatic N) is 1. The van der Waals surface area contributed by atoms with Crippen LogP contribution in [0.2, 0.25) is 0 Å². The number of piperidine rings is 1. The van der Waals surface area contributed by atoms with E-state index in [2.05, 4.69) is 51.7 Å². The van der Waals surface area contributed by atoms with Crippen molar-refractivity contribution in [3.8, 4) is 0 Å². The maximum Gasteiger partial charge on any atom is 0.0175 e. The van der Waals surface area contributed by atoms with E-state index in [-0.39, 0.29) is 0 Å². The van der Waals surface area contributed by atoms with E-state index in [9.17, 15) is 0 Å². The van der Waals surface area contributed by atoms with Gasteiger partial charge in [0.2, 0.25) is 0 Å². The highest BCUT2D eigenvalue weighted by molar-refractivity contribution is 9.10. The summed E-state index contributed by atoms with van der Waals surface area (Å²) in [4.78, 5) is 2.47. The smallest absolute Gasteiger partial charge is 0.0175 e. The molecule has 0 amide bonds. The van der Waals surface area contributed by atoms with E-state index < -0.39 is 0 Å². The lowest BCUT2D eigenvalue weighted by Crippen LogP contribution is -2.32. The van der Waals surface area contributed by atoms with Gasteiger partial charge in [-0.2, -0.15) is 0 Å². The third kappa shape index (κ3) is 2.96. The van der Waals surface area contributed by atoms with Gasteiger partial charge in [0.1, 0.15) is 0 Å². The molecule has 1 aromatic carbocycles. The summed E-state index contributed by atoms with van der Waals surface area (Å²) >= 11 is 3.48. The first-order valence-electron chi connectivity index (χ1n) is 5.88. The van der Waals surface area contributed by atoms with Gasteiger partial charge in [-0.05, 0) is 49.5 Å². The molecule has 0 N–H and O–H groups in total. The van der Waals surface area contributed by atoms with Gasteiger partial charge in [0.15, 0.2) is 0 Å². The second-order valence-corrected chi connectivity index (χ2v) is 5.33. The van der Waals surface area contributed by atoms with Crippen LogP contribution in [0, 0.1) is 0 Å². The Hall–Kier alpha value is -0.600. The Morgan fingerprint density at radius 2 is 1.88 bits per heavy atom. The molecule has 0 saturated carbocycles. The zero-order chi connectivity index (χ0) is 11.4. The predicted molar refractivity (Wildman–Crippen MR) is 72.8 cm³/mol. The quantitative estimate of drug-likeness (QED) is 0.761. The van der Waals surface area contributed by atoms with Crippen molar-refractivity contribution in [2.45, 2.75) is 18.8 Å². The van der Waals surface area contributed by atoms with Gasteiger partial charge in [-0.1, -0.05) is 34.1 Å². The Kier molecular flexibility index (Phi) is 4.19. The van der Waals surface area contributed by atoms with Crippen molar-refractivity contribution in [3.63, 3.8) is 0 Å². The average molecular weight is 280 g/mol. The molecule has 0 bridgehead atoms. The number of halogens is 1. The second kappa shape index (κ2) is 5.65. The Bertz CT molecular complexity index is 336. The molecule has 0 radical (unpaired) electrons. The second-order valence-electron chi connectivity index (χ2n) is 4.42. The normalized spacial score (nSPS) is 18.6. The first-order valence-corrected chi connectivity index (χ1v) is 6.67. The van der Waals surface area contributed by atoms with Crippen LogP contribution in [0.1, 0.15) is 24.3 Å². The zero-order valence-electron chi connectivity index (χ0n) is 9.53. The van der Waals surface area contributed by atoms with Gasteiger partial charge in [-0.25, -0.2) is 0 Å². The Balaban J connectivity index is 1.93. The van der Waals surface area contributed by atoms with Gasteiger partial charge in [0.05, 0.1) is 0 Å². The van der Waals surface area contributed by atoms with Crippen LogP contribution in [0.5, 0.6) is 0 Å². The van der Waals surface area contributed by atoms with Crippen molar-refractivity contribution in [2.24, 2.45) is 0 Å². The topological polar surface area (TPSA) is 3.24 Å². The lowest BCUT2D eigenvalue weighted by molar-refractivity contribution is 0.232. The molecule has 1 heterocycles. The summed E-state index contributed by atoms with van der Waals surface area (Å²) in [7, 11) is 0. The number of hydrogen-bond acceptors (Lipinski definition) is 1. The van der Waals surface area contributed by atoms with Gasteiger partial charge in [-0.3, -0.25) is 4.90 Å². The van der Waals surface area contributed by atoms with Gasteiger partial charge < -0.3 is 0 Å². The third-order valence-corrected chi connectivity index (χ3v) is 3.84. The molecule has 1 nitrogen and oxygen atoms in total. The fraction of sp³-hybridized carbons (Fsp3) is 0.429. The summed E-state index contributed by atoms with van der Waals surface area (Å²) in [6, 6.07) is 8.78. The van der Waals surface area contributed by atoms with E-state index in [1.807, 2.05) is 6.08 Å². The maximum absolute atomic E-state index is 3.79. The van der Waals surface area contributed by atoms with Gasteiger partial charge in [-0.15, -0.1) is 6.58 Å². The van der Waals surface area contributed by atoms with E-state index in [4.69, 9.17) is 0 Å². The average Bonchev–Trinajstić information content (AvgIpc) is 2.32. The van der Waals surface area contributed by atoms with E-state index >= 15 is 0 Å². The van der Waals surface area contributed by atoms with Crippen molar-refractivity contribution in [2.75, 3.05) is 19.6 Å². The van der Waals surface area contributed by atoms with Crippen LogP contribution < -0.4 is 0 Å². The highest BCUT2D eigenvalue weighted by atomic mass is 79.9. The Morgan fingerprint density at radius 3 is 2.44 bits per heavy atom. The molecule has 1 saturated heterocycles. The summed E-state index contributed by atoms with van der Waals surface area (Å²) in [6.07, 6.45) is 4.55. The van der Waals surface area contributed by atoms with Crippen LogP contribution in [0.25, 0.3) is 0 Å². The molecule has 0 spiro atoms. The molecule has 86 valence electrons. The molecule has 1 fully saturated rings. The van der Waals surface area contributed by atoms with E-state index in [0.717, 1.165) is 12.5 Å². The summed E-state index contributed by atoms with van der Waals surface area (Å²) in [5, 5.41) is 0. The van der Waals surface area contributed by atoms with E-state index in [0.29, 0.717) is 0 Å². The van der Waals surface area contributed by atoms with Crippen LogP contribution in [-0.4, -0.2) is 24.5 Å². The summed E-state index contributed by atoms with van der Waals surface area (Å²) in [5.41, 5.74) is 1.49. The summed E-state index contributed by atoms with van der Waals surface area (Å²) in [6.45, 7) is 7.23. The number of likely N-dealkylation sites (tertiary alicyclic amines) is 1. The molecule has 1 aliphatic heterocycles. The lowest BCUT2D eigenvalue weighted by Gasteiger charge is -2.31. The van der Waals surface area contributed by atoms with Gasteiger partial charge in [0.25, 0.3) is 0 Å². The van der Waals surface area contributed by atoms with E-state index in [1.165, 1.54) is 36.0 Å². The largest absolute Gasteiger partial charge is 0.300 e. The van der Waals surface area contributed by atoms with Crippen molar-refractivity contribution in [1.29, 1.82) is 0 Å². The highest BCUT2D eigenvalue weighted by Gasteiger charge is 2.19. The van der Waals surface area contributed by atoms with Crippen molar-refractivity contribution < 1.29 is 0 Å². The fourth-order valence-corrected chi connectivity index (χ4v) is 2.63. The lowest BCUT2D eigenvalue weighted by atomic mass is 9.89. The third-order valence-electron chi connectivity index (χ3n) is 3.32. The Labute approximate surface area is 106 Å². The van der Waals surface area contributed by atoms with Gasteiger partial charge >= 0.3 is 0 Å². The molecule has 1 aromatic rings. The molecule has 0 aromatic heterocycles. The monoisotopic (exact) mass is 279 g/mol. The minimum Gasteiger partial charge on any atom is -0.300 e. The van der Waals surface area contributed by atoms with Crippen LogP contribution in [0.3, 0.4) is 0 Å². The first-order chi connectivity index (χ1) is 7.79. The molecule has 16 heavy (non-hydrogen) atoms. The van der Waals surface area contributed by atoms with Crippen molar-refractivity contribution >= 4 is 15.9 Å². The molecular formula is C14H18BrN. The standard InChI is InChI=1S/C14H18BrN/c1-2-9-16-10-7-13(8-11-16)12-3-5-14(15)6-4-12/h2-6,13H,1,7-11H2. The van der Waals surface area contributed by atoms with Crippen LogP contribution in [0.15, 0.2) is 41.4 Å². The molecular weight excluding hydrogens is 262 g/mol. The molecule has 0 aliphatic carbocycles. The first kappa shape index (κ1) is 11.9. The van der Waals surface area contributed by atoms with Crippen molar-refractivity contribution in [3.05, 3.63) is 47.0 Å². The molecule has 0 atom stereocenters. The fourth-order valence-electron chi connectivity index (χ4n) is 2.37. The highest BCUT2D eigenvalue weighted by Crippen LogP contribution is 2.28. The minimum absolute atomic E-state index is 0.745. The van der Waals surface area contributed by atoms with Crippen LogP contribution in [0.4, 0.5) is 0 Å². The molecule has 0 unspecified atom stereocenters. The molecule has 1 aliphatic rings. The van der Waals surface area contributed by atoms with E-state index in [1.54, 1.807) is 0 Å². The zero-order valence-corrected chi connectivity index (χ0v) is 11.1. The summed E-state index contributed by atoms with van der Waals surface area (Å²) < 4.78 is 1.17. The SMILES string of the molecule is C=CCN1CCC(c2ccc(Br)cc2)CC1. The van der Waals surface area contributed by atoms with Crippen LogP contribution >= 0.6 is 15.9 Å². The minimum atomic E-state index is 0.745. The number of benzene rings is 1. The molecule has 2 heteroatoms. The number of hydrogen-bond donors (Lipinski definition) is 0. The number of rotatable bonds is 3. The van der Waals surface area contributed by atoms with Gasteiger partial charge in [0, 0.05) is 11.0 Å². The maximum atomic E-state index is 3.79. The predicted octanol–water partition coefficient (Wildman–Crippen LogP) is 3.81. The van der Waals surface area contributed by atoms with Crippen molar-refractivity contribution in [1.82, 2.24) is 4.90 Å². The molecule has 2 rings (SSSR count). The summed E-state index contributed by atoms with van der Waals surface area (Å²) in [5.74, 6) is 0.745. The van der Waals surface area contributed by atoms with Crippen LogP contribution in [-0.2, 0) is 0 Å². The Morgan fingerprint density at radius 1 is 1.25 bits per heavy atom.